The van der Waals surface area contributed by atoms with Crippen LogP contribution in [-0.2, 0) is 11.8 Å². The van der Waals surface area contributed by atoms with Gasteiger partial charge in [-0.15, -0.1) is 0 Å². The fourth-order valence-corrected chi connectivity index (χ4v) is 3.03. The van der Waals surface area contributed by atoms with E-state index < -0.39 is 5.97 Å². The Balaban J connectivity index is 1.86. The number of rotatable bonds is 4. The average Bonchev–Trinajstić information content (AvgIpc) is 3.08. The van der Waals surface area contributed by atoms with Crippen LogP contribution in [0.2, 0.25) is 0 Å². The van der Waals surface area contributed by atoms with Crippen molar-refractivity contribution in [3.63, 3.8) is 0 Å². The Morgan fingerprint density at radius 2 is 2.19 bits per heavy atom. The second kappa shape index (κ2) is 7.38. The van der Waals surface area contributed by atoms with E-state index in [0.717, 1.165) is 22.9 Å². The van der Waals surface area contributed by atoms with E-state index in [1.54, 1.807) is 12.4 Å². The summed E-state index contributed by atoms with van der Waals surface area (Å²) in [6.45, 7) is 3.61. The number of aryl methyl sites for hydroxylation is 1. The molecule has 0 aromatic carbocycles. The highest BCUT2D eigenvalue weighted by atomic mass is 16.4. The Labute approximate surface area is 151 Å². The van der Waals surface area contributed by atoms with Crippen molar-refractivity contribution in [2.45, 2.75) is 13.3 Å². The second-order valence-corrected chi connectivity index (χ2v) is 6.06. The third kappa shape index (κ3) is 3.44. The molecular formula is C18H22N6O2. The summed E-state index contributed by atoms with van der Waals surface area (Å²) in [6, 6.07) is 3.88. The molecule has 3 rings (SSSR count). The molecule has 0 amide bonds. The van der Waals surface area contributed by atoms with E-state index in [9.17, 15) is 9.90 Å². The van der Waals surface area contributed by atoms with Crippen molar-refractivity contribution in [3.05, 3.63) is 42.0 Å². The first kappa shape index (κ1) is 17.7. The normalized spacial score (nSPS) is 18.2. The molecule has 3 N–H and O–H groups in total. The highest BCUT2D eigenvalue weighted by Crippen LogP contribution is 2.23. The van der Waals surface area contributed by atoms with Crippen molar-refractivity contribution in [1.82, 2.24) is 14.5 Å². The number of pyridine rings is 1. The molecule has 1 aliphatic rings. The summed E-state index contributed by atoms with van der Waals surface area (Å²) >= 11 is 0. The number of nitrogens with zero attached hydrogens (tertiary/aromatic N) is 5. The molecule has 1 fully saturated rings. The van der Waals surface area contributed by atoms with Gasteiger partial charge in [-0.3, -0.25) is 4.99 Å². The van der Waals surface area contributed by atoms with Crippen LogP contribution in [0, 0.1) is 0 Å². The van der Waals surface area contributed by atoms with Crippen LogP contribution in [0.4, 0.5) is 5.82 Å². The monoisotopic (exact) mass is 354 g/mol. The van der Waals surface area contributed by atoms with Crippen LogP contribution in [0.25, 0.3) is 11.4 Å². The van der Waals surface area contributed by atoms with Crippen LogP contribution in [0.15, 0.2) is 47.0 Å². The number of anilines is 1. The summed E-state index contributed by atoms with van der Waals surface area (Å²) in [4.78, 5) is 26.6. The molecule has 1 aliphatic heterocycles. The van der Waals surface area contributed by atoms with Crippen molar-refractivity contribution in [3.8, 4) is 11.4 Å². The summed E-state index contributed by atoms with van der Waals surface area (Å²) in [7, 11) is 1.93. The first-order valence-electron chi connectivity index (χ1n) is 8.45. The highest BCUT2D eigenvalue weighted by molar-refractivity contribution is 6.07. The summed E-state index contributed by atoms with van der Waals surface area (Å²) in [6.07, 6.45) is 6.04. The minimum absolute atomic E-state index is 0.147. The predicted octanol–water partition coefficient (Wildman–Crippen LogP) is 1.45. The van der Waals surface area contributed by atoms with E-state index >= 15 is 0 Å². The standard InChI is InChI=1S/C18H22N6O2/c1-3-20-14-6-8-24(11-13(14)16(19)18(25)26)15-5-4-12(10-22-15)17-21-7-9-23(17)2/h4-5,7,9-10H,3,6,8,11,19H2,1-2H3,(H,25,26). The number of hydrogen-bond acceptors (Lipinski definition) is 6. The van der Waals surface area contributed by atoms with Gasteiger partial charge in [0, 0.05) is 68.5 Å². The number of imidazole rings is 1. The largest absolute Gasteiger partial charge is 0.477 e. The molecule has 0 spiro atoms. The number of carboxylic acids is 1. The number of hydrogen-bond donors (Lipinski definition) is 2. The minimum atomic E-state index is -1.12. The zero-order valence-corrected chi connectivity index (χ0v) is 14.9. The molecule has 0 bridgehead atoms. The van der Waals surface area contributed by atoms with Crippen molar-refractivity contribution in [1.29, 1.82) is 0 Å². The van der Waals surface area contributed by atoms with E-state index in [2.05, 4.69) is 15.0 Å². The highest BCUT2D eigenvalue weighted by Gasteiger charge is 2.25. The van der Waals surface area contributed by atoms with E-state index in [1.807, 2.05) is 41.8 Å². The van der Waals surface area contributed by atoms with E-state index in [4.69, 9.17) is 5.73 Å². The van der Waals surface area contributed by atoms with E-state index in [-0.39, 0.29) is 5.70 Å². The van der Waals surface area contributed by atoms with Crippen molar-refractivity contribution in [2.24, 2.45) is 17.8 Å². The van der Waals surface area contributed by atoms with Gasteiger partial charge in [0.1, 0.15) is 17.3 Å². The van der Waals surface area contributed by atoms with Crippen LogP contribution in [0.5, 0.6) is 0 Å². The van der Waals surface area contributed by atoms with Gasteiger partial charge in [-0.2, -0.15) is 0 Å². The van der Waals surface area contributed by atoms with Crippen LogP contribution in [0.1, 0.15) is 13.3 Å². The molecule has 3 heterocycles. The van der Waals surface area contributed by atoms with Crippen LogP contribution >= 0.6 is 0 Å². The fraction of sp³-hybridized carbons (Fsp3) is 0.333. The molecule has 2 aromatic heterocycles. The number of carbonyl (C=O) groups is 1. The maximum Gasteiger partial charge on any atom is 0.352 e. The molecule has 0 radical (unpaired) electrons. The predicted molar refractivity (Wildman–Crippen MR) is 100 cm³/mol. The van der Waals surface area contributed by atoms with Gasteiger partial charge in [0.25, 0.3) is 0 Å². The number of carboxylic acid groups (broad SMARTS) is 1. The lowest BCUT2D eigenvalue weighted by Gasteiger charge is -2.31. The summed E-state index contributed by atoms with van der Waals surface area (Å²) in [5, 5.41) is 9.26. The second-order valence-electron chi connectivity index (χ2n) is 6.06. The van der Waals surface area contributed by atoms with Crippen LogP contribution in [0.3, 0.4) is 0 Å². The molecule has 136 valence electrons. The third-order valence-corrected chi connectivity index (χ3v) is 4.37. The molecule has 0 saturated carbocycles. The zero-order chi connectivity index (χ0) is 18.7. The quantitative estimate of drug-likeness (QED) is 0.804. The van der Waals surface area contributed by atoms with Gasteiger partial charge in [0.15, 0.2) is 0 Å². The van der Waals surface area contributed by atoms with Crippen molar-refractivity contribution < 1.29 is 9.90 Å². The Bertz CT molecular complexity index is 866. The van der Waals surface area contributed by atoms with Gasteiger partial charge in [0.2, 0.25) is 0 Å². The molecule has 0 atom stereocenters. The van der Waals surface area contributed by atoms with Gasteiger partial charge < -0.3 is 20.3 Å². The smallest absolute Gasteiger partial charge is 0.352 e. The average molecular weight is 354 g/mol. The third-order valence-electron chi connectivity index (χ3n) is 4.37. The topological polar surface area (TPSA) is 110 Å². The van der Waals surface area contributed by atoms with Gasteiger partial charge >= 0.3 is 5.97 Å². The number of aliphatic imine (C=N–C) groups is 1. The first-order valence-corrected chi connectivity index (χ1v) is 8.45. The van der Waals surface area contributed by atoms with E-state index in [1.165, 1.54) is 0 Å². The maximum absolute atomic E-state index is 11.3. The van der Waals surface area contributed by atoms with Gasteiger partial charge in [-0.25, -0.2) is 14.8 Å². The lowest BCUT2D eigenvalue weighted by atomic mass is 9.99. The number of nitrogens with two attached hydrogens (primary N) is 1. The molecule has 1 saturated heterocycles. The molecule has 8 heteroatoms. The molecule has 26 heavy (non-hydrogen) atoms. The van der Waals surface area contributed by atoms with Gasteiger partial charge in [0.05, 0.1) is 0 Å². The van der Waals surface area contributed by atoms with Crippen molar-refractivity contribution in [2.75, 3.05) is 24.5 Å². The summed E-state index contributed by atoms with van der Waals surface area (Å²) in [5.41, 5.74) is 7.92. The Kier molecular flexibility index (Phi) is 5.01. The fourth-order valence-electron chi connectivity index (χ4n) is 3.03. The maximum atomic E-state index is 11.3. The lowest BCUT2D eigenvalue weighted by molar-refractivity contribution is -0.132. The molecule has 2 aromatic rings. The molecule has 0 aliphatic carbocycles. The Hall–Kier alpha value is -3.16. The first-order chi connectivity index (χ1) is 12.5. The number of piperidine rings is 1. The number of aliphatic carboxylic acids is 1. The molecule has 8 nitrogen and oxygen atoms in total. The molecular weight excluding hydrogens is 332 g/mol. The SMILES string of the molecule is CCN=C1CCN(c2ccc(-c3nccn3C)cn2)CC1=C(N)C(=O)O. The summed E-state index contributed by atoms with van der Waals surface area (Å²) in [5.74, 6) is 0.494. The van der Waals surface area contributed by atoms with Crippen LogP contribution in [-0.4, -0.2) is 51.0 Å². The Morgan fingerprint density at radius 3 is 2.77 bits per heavy atom. The zero-order valence-electron chi connectivity index (χ0n) is 14.9. The minimum Gasteiger partial charge on any atom is -0.477 e. The van der Waals surface area contributed by atoms with Crippen LogP contribution < -0.4 is 10.6 Å². The molecule has 0 unspecified atom stereocenters. The Morgan fingerprint density at radius 1 is 1.38 bits per heavy atom. The lowest BCUT2D eigenvalue weighted by Crippen LogP contribution is -2.39. The summed E-state index contributed by atoms with van der Waals surface area (Å²) < 4.78 is 1.93. The number of aromatic nitrogens is 3. The van der Waals surface area contributed by atoms with E-state index in [0.29, 0.717) is 31.6 Å². The van der Waals surface area contributed by atoms with Crippen molar-refractivity contribution >= 4 is 17.5 Å². The van der Waals surface area contributed by atoms with Gasteiger partial charge in [-0.1, -0.05) is 0 Å². The van der Waals surface area contributed by atoms with Gasteiger partial charge in [-0.05, 0) is 19.1 Å².